The van der Waals surface area contributed by atoms with Gasteiger partial charge in [0.05, 0.1) is 0 Å². The molecule has 0 aromatic rings. The molecular weight excluding hydrogens is 334 g/mol. The molecule has 5 rings (SSSR count). The van der Waals surface area contributed by atoms with Gasteiger partial charge in [-0.3, -0.25) is 0 Å². The Morgan fingerprint density at radius 1 is 0.407 bits per heavy atom. The summed E-state index contributed by atoms with van der Waals surface area (Å²) < 4.78 is 0. The molecule has 0 aromatic carbocycles. The Morgan fingerprint density at radius 2 is 0.704 bits per heavy atom. The first kappa shape index (κ1) is 24.8. The fourth-order valence-corrected chi connectivity index (χ4v) is 2.98. The lowest BCUT2D eigenvalue weighted by Gasteiger charge is -2.18. The molecule has 0 aromatic heterocycles. The van der Waals surface area contributed by atoms with E-state index in [1.54, 1.807) is 0 Å². The summed E-state index contributed by atoms with van der Waals surface area (Å²) in [6.45, 7) is 0.917. The molecule has 0 spiro atoms. The van der Waals surface area contributed by atoms with Crippen LogP contribution in [0.5, 0.6) is 0 Å². The van der Waals surface area contributed by atoms with Crippen LogP contribution in [0.3, 0.4) is 0 Å². The highest BCUT2D eigenvalue weighted by Crippen LogP contribution is 2.26. The maximum absolute atomic E-state index is 5.63. The first-order chi connectivity index (χ1) is 13.0. The van der Waals surface area contributed by atoms with Crippen molar-refractivity contribution in [3.05, 3.63) is 0 Å². The Hall–Kier alpha value is -0.200. The van der Waals surface area contributed by atoms with Crippen LogP contribution in [0, 0.1) is 5.92 Å². The minimum absolute atomic E-state index is 0.536. The van der Waals surface area contributed by atoms with Gasteiger partial charge in [-0.2, -0.15) is 0 Å². The third-order valence-electron chi connectivity index (χ3n) is 5.85. The van der Waals surface area contributed by atoms with Crippen LogP contribution in [0.15, 0.2) is 0 Å². The van der Waals surface area contributed by atoms with Gasteiger partial charge in [0.25, 0.3) is 0 Å². The van der Waals surface area contributed by atoms with E-state index in [4.69, 9.17) is 28.7 Å². The van der Waals surface area contributed by atoms with Crippen molar-refractivity contribution in [2.24, 2.45) is 34.6 Å². The molecule has 27 heavy (non-hydrogen) atoms. The predicted octanol–water partition coefficient (Wildman–Crippen LogP) is 3.13. The van der Waals surface area contributed by atoms with Gasteiger partial charge >= 0.3 is 0 Å². The van der Waals surface area contributed by atoms with Gasteiger partial charge in [-0.1, -0.05) is 38.5 Å². The highest BCUT2D eigenvalue weighted by Gasteiger charge is 2.17. The normalized spacial score (nSPS) is 25.2. The summed E-state index contributed by atoms with van der Waals surface area (Å²) in [5.41, 5.74) is 27.0. The minimum Gasteiger partial charge on any atom is -0.330 e. The van der Waals surface area contributed by atoms with Gasteiger partial charge in [-0.25, -0.2) is 0 Å². The summed E-state index contributed by atoms with van der Waals surface area (Å²) in [4.78, 5) is 0. The van der Waals surface area contributed by atoms with Crippen LogP contribution in [0.4, 0.5) is 0 Å². The molecule has 0 unspecified atom stereocenters. The van der Waals surface area contributed by atoms with Crippen molar-refractivity contribution in [1.29, 1.82) is 0 Å². The number of nitrogens with two attached hydrogens (primary N) is 5. The summed E-state index contributed by atoms with van der Waals surface area (Å²) in [5.74, 6) is 0.912. The summed E-state index contributed by atoms with van der Waals surface area (Å²) in [5, 5.41) is 0. The third kappa shape index (κ3) is 17.6. The summed E-state index contributed by atoms with van der Waals surface area (Å²) >= 11 is 0. The molecule has 0 bridgehead atoms. The Bertz CT molecular complexity index is 315. The second-order valence-electron chi connectivity index (χ2n) is 9.15. The van der Waals surface area contributed by atoms with Gasteiger partial charge in [0, 0.05) is 24.2 Å². The van der Waals surface area contributed by atoms with E-state index < -0.39 is 0 Å². The molecule has 5 heteroatoms. The molecular formula is C22H49N5. The Kier molecular flexibility index (Phi) is 14.4. The summed E-state index contributed by atoms with van der Waals surface area (Å²) in [6.07, 6.45) is 21.1. The third-order valence-corrected chi connectivity index (χ3v) is 5.85. The minimum atomic E-state index is 0.536. The van der Waals surface area contributed by atoms with Crippen LogP contribution in [0.2, 0.25) is 0 Å². The van der Waals surface area contributed by atoms with Gasteiger partial charge in [0.1, 0.15) is 0 Å². The van der Waals surface area contributed by atoms with E-state index >= 15 is 0 Å². The topological polar surface area (TPSA) is 130 Å². The van der Waals surface area contributed by atoms with Crippen LogP contribution in [0.1, 0.15) is 103 Å². The van der Waals surface area contributed by atoms with Crippen molar-refractivity contribution < 1.29 is 0 Å². The van der Waals surface area contributed by atoms with Crippen LogP contribution < -0.4 is 28.7 Å². The van der Waals surface area contributed by atoms with Crippen molar-refractivity contribution in [2.45, 2.75) is 127 Å². The molecule has 5 fully saturated rings. The van der Waals surface area contributed by atoms with Crippen molar-refractivity contribution in [2.75, 3.05) is 6.54 Å². The zero-order valence-corrected chi connectivity index (χ0v) is 17.8. The van der Waals surface area contributed by atoms with Gasteiger partial charge in [0.15, 0.2) is 0 Å². The first-order valence-electron chi connectivity index (χ1n) is 11.7. The average Bonchev–Trinajstić information content (AvgIpc) is 3.58. The Morgan fingerprint density at radius 3 is 0.815 bits per heavy atom. The lowest BCUT2D eigenvalue weighted by atomic mass is 9.95. The van der Waals surface area contributed by atoms with Crippen LogP contribution in [0.25, 0.3) is 0 Å². The highest BCUT2D eigenvalue weighted by molar-refractivity contribution is 4.75. The molecule has 0 saturated heterocycles. The maximum Gasteiger partial charge on any atom is 0.00399 e. The first-order valence-corrected chi connectivity index (χ1v) is 11.7. The van der Waals surface area contributed by atoms with Crippen LogP contribution in [-0.4, -0.2) is 30.7 Å². The van der Waals surface area contributed by atoms with E-state index in [1.165, 1.54) is 103 Å². The van der Waals surface area contributed by atoms with E-state index in [9.17, 15) is 0 Å². The van der Waals surface area contributed by atoms with Crippen molar-refractivity contribution in [1.82, 2.24) is 0 Å². The zero-order valence-electron chi connectivity index (χ0n) is 17.8. The molecule has 0 radical (unpaired) electrons. The fourth-order valence-electron chi connectivity index (χ4n) is 2.98. The van der Waals surface area contributed by atoms with Gasteiger partial charge in [0.2, 0.25) is 0 Å². The SMILES string of the molecule is NC1CC1.NC1CCC1.NC1CCCC1.NC1CCCCC1.NCC1CC1. The molecule has 162 valence electrons. The van der Waals surface area contributed by atoms with Crippen LogP contribution >= 0.6 is 0 Å². The molecule has 0 atom stereocenters. The molecule has 5 nitrogen and oxygen atoms in total. The van der Waals surface area contributed by atoms with E-state index in [2.05, 4.69) is 0 Å². The zero-order chi connectivity index (χ0) is 19.9. The molecule has 0 aliphatic heterocycles. The lowest BCUT2D eigenvalue weighted by Crippen LogP contribution is -2.27. The predicted molar refractivity (Wildman–Crippen MR) is 118 cm³/mol. The standard InChI is InChI=1S/C6H13N.C5H11N.2C4H9N.C3H7N/c7-6-4-2-1-3-5-6;6-5-3-1-2-4-5;5-3-4-1-2-4;5-4-2-1-3-4;4-3-1-2-3/h6H,1-5,7H2;5H,1-4,6H2;2*4H,1-3,5H2;3H,1-2,4H2. The molecule has 0 heterocycles. The molecule has 5 aliphatic carbocycles. The largest absolute Gasteiger partial charge is 0.330 e. The second kappa shape index (κ2) is 15.7. The average molecular weight is 384 g/mol. The number of hydrogen-bond donors (Lipinski definition) is 5. The van der Waals surface area contributed by atoms with Crippen molar-refractivity contribution in [3.63, 3.8) is 0 Å². The van der Waals surface area contributed by atoms with Crippen molar-refractivity contribution >= 4 is 0 Å². The smallest absolute Gasteiger partial charge is 0.00399 e. The van der Waals surface area contributed by atoms with E-state index in [1.807, 2.05) is 0 Å². The lowest BCUT2D eigenvalue weighted by molar-refractivity contribution is 0.418. The van der Waals surface area contributed by atoms with Crippen LogP contribution in [-0.2, 0) is 0 Å². The Labute approximate surface area is 168 Å². The molecule has 10 N–H and O–H groups in total. The highest BCUT2D eigenvalue weighted by atomic mass is 14.7. The van der Waals surface area contributed by atoms with E-state index in [-0.39, 0.29) is 0 Å². The summed E-state index contributed by atoms with van der Waals surface area (Å²) in [7, 11) is 0. The van der Waals surface area contributed by atoms with Gasteiger partial charge < -0.3 is 28.7 Å². The van der Waals surface area contributed by atoms with E-state index in [0.717, 1.165) is 12.5 Å². The summed E-state index contributed by atoms with van der Waals surface area (Å²) in [6, 6.07) is 2.23. The van der Waals surface area contributed by atoms with E-state index in [0.29, 0.717) is 24.2 Å². The number of hydrogen-bond acceptors (Lipinski definition) is 5. The fraction of sp³-hybridized carbons (Fsp3) is 1.00. The molecule has 0 amide bonds. The maximum atomic E-state index is 5.63. The van der Waals surface area contributed by atoms with Gasteiger partial charge in [-0.15, -0.1) is 0 Å². The monoisotopic (exact) mass is 383 g/mol. The Balaban J connectivity index is 0.000000171. The van der Waals surface area contributed by atoms with Crippen molar-refractivity contribution in [3.8, 4) is 0 Å². The quantitative estimate of drug-likeness (QED) is 0.475. The molecule has 5 saturated carbocycles. The molecule has 5 aliphatic rings. The second-order valence-corrected chi connectivity index (χ2v) is 9.15. The number of rotatable bonds is 1. The van der Waals surface area contributed by atoms with Gasteiger partial charge in [-0.05, 0) is 76.7 Å².